The molecule has 20 heavy (non-hydrogen) atoms. The fourth-order valence-electron chi connectivity index (χ4n) is 1.77. The van der Waals surface area contributed by atoms with E-state index in [1.165, 1.54) is 12.1 Å². The van der Waals surface area contributed by atoms with E-state index in [-0.39, 0.29) is 16.9 Å². The third-order valence-electron chi connectivity index (χ3n) is 2.86. The van der Waals surface area contributed by atoms with E-state index in [1.807, 2.05) is 0 Å². The van der Waals surface area contributed by atoms with Gasteiger partial charge in [0.05, 0.1) is 17.2 Å². The second-order valence-corrected chi connectivity index (χ2v) is 4.13. The van der Waals surface area contributed by atoms with E-state index in [1.54, 1.807) is 24.0 Å². The average Bonchev–Trinajstić information content (AvgIpc) is 2.81. The van der Waals surface area contributed by atoms with Crippen molar-refractivity contribution in [1.82, 2.24) is 9.78 Å². The van der Waals surface area contributed by atoms with Crippen molar-refractivity contribution in [1.29, 1.82) is 0 Å². The lowest BCUT2D eigenvalue weighted by Gasteiger charge is -2.11. The average molecular weight is 282 g/mol. The van der Waals surface area contributed by atoms with Crippen LogP contribution in [0.3, 0.4) is 0 Å². The molecular weight excluding hydrogens is 270 g/mol. The largest absolute Gasteiger partial charge is 0.379 e. The number of nitrogens with one attached hydrogen (secondary N) is 1. The van der Waals surface area contributed by atoms with Gasteiger partial charge in [-0.1, -0.05) is 0 Å². The number of nitro groups is 1. The molecule has 0 spiro atoms. The molecule has 0 radical (unpaired) electrons. The van der Waals surface area contributed by atoms with Gasteiger partial charge in [0.15, 0.2) is 0 Å². The number of anilines is 1. The minimum absolute atomic E-state index is 0.173. The van der Waals surface area contributed by atoms with Crippen LogP contribution in [0.25, 0.3) is 0 Å². The summed E-state index contributed by atoms with van der Waals surface area (Å²) in [4.78, 5) is 9.91. The van der Waals surface area contributed by atoms with Gasteiger partial charge in [0.25, 0.3) is 12.1 Å². The summed E-state index contributed by atoms with van der Waals surface area (Å²) in [5, 5.41) is 17.4. The van der Waals surface area contributed by atoms with Crippen LogP contribution in [0.2, 0.25) is 0 Å². The molecule has 0 aliphatic carbocycles. The van der Waals surface area contributed by atoms with Crippen LogP contribution in [0.4, 0.5) is 20.2 Å². The normalized spacial score (nSPS) is 10.8. The number of halogens is 2. The highest BCUT2D eigenvalue weighted by molar-refractivity contribution is 5.56. The summed E-state index contributed by atoms with van der Waals surface area (Å²) in [7, 11) is 1.74. The van der Waals surface area contributed by atoms with Crippen LogP contribution < -0.4 is 5.32 Å². The zero-order chi connectivity index (χ0) is 14.7. The van der Waals surface area contributed by atoms with Crippen LogP contribution >= 0.6 is 0 Å². The second-order valence-electron chi connectivity index (χ2n) is 4.13. The van der Waals surface area contributed by atoms with Crippen LogP contribution in [-0.4, -0.2) is 14.7 Å². The Kier molecular flexibility index (Phi) is 3.92. The van der Waals surface area contributed by atoms with Gasteiger partial charge in [-0.05, 0) is 12.1 Å². The molecule has 0 atom stereocenters. The van der Waals surface area contributed by atoms with Gasteiger partial charge in [-0.2, -0.15) is 5.10 Å². The first-order valence-corrected chi connectivity index (χ1v) is 5.76. The maximum Gasteiger partial charge on any atom is 0.270 e. The van der Waals surface area contributed by atoms with Crippen molar-refractivity contribution < 1.29 is 13.7 Å². The summed E-state index contributed by atoms with van der Waals surface area (Å²) in [5.74, 6) is 0. The van der Waals surface area contributed by atoms with Crippen molar-refractivity contribution in [2.75, 3.05) is 5.32 Å². The molecule has 2 aromatic rings. The Balaban J connectivity index is 2.22. The molecule has 2 rings (SSSR count). The molecule has 106 valence electrons. The lowest BCUT2D eigenvalue weighted by Crippen LogP contribution is -2.07. The summed E-state index contributed by atoms with van der Waals surface area (Å²) in [6.45, 7) is 0.300. The molecule has 8 heteroatoms. The van der Waals surface area contributed by atoms with Crippen molar-refractivity contribution in [3.05, 3.63) is 51.8 Å². The Morgan fingerprint density at radius 3 is 2.75 bits per heavy atom. The third-order valence-corrected chi connectivity index (χ3v) is 2.86. The number of aromatic nitrogens is 2. The highest BCUT2D eigenvalue weighted by Crippen LogP contribution is 2.30. The van der Waals surface area contributed by atoms with Gasteiger partial charge in [0.2, 0.25) is 0 Å². The molecule has 0 fully saturated rings. The molecule has 0 unspecified atom stereocenters. The number of alkyl halides is 2. The van der Waals surface area contributed by atoms with Gasteiger partial charge in [-0.15, -0.1) is 0 Å². The van der Waals surface area contributed by atoms with Gasteiger partial charge in [-0.25, -0.2) is 8.78 Å². The predicted octanol–water partition coefficient (Wildman–Crippen LogP) is 2.88. The van der Waals surface area contributed by atoms with Gasteiger partial charge in [0, 0.05) is 36.6 Å². The molecule has 0 bridgehead atoms. The summed E-state index contributed by atoms with van der Waals surface area (Å²) >= 11 is 0. The van der Waals surface area contributed by atoms with Crippen molar-refractivity contribution in [2.24, 2.45) is 7.05 Å². The topological polar surface area (TPSA) is 73.0 Å². The summed E-state index contributed by atoms with van der Waals surface area (Å²) in [5.41, 5.74) is 0.239. The maximum absolute atomic E-state index is 12.9. The highest BCUT2D eigenvalue weighted by Gasteiger charge is 2.17. The number of hydrogen-bond acceptors (Lipinski definition) is 4. The number of nitrogens with zero attached hydrogens (tertiary/aromatic N) is 3. The zero-order valence-corrected chi connectivity index (χ0v) is 10.6. The van der Waals surface area contributed by atoms with E-state index >= 15 is 0 Å². The lowest BCUT2D eigenvalue weighted by molar-refractivity contribution is -0.385. The molecule has 1 aromatic heterocycles. The van der Waals surface area contributed by atoms with E-state index < -0.39 is 11.3 Å². The Hall–Kier alpha value is -2.51. The minimum atomic E-state index is -2.79. The maximum atomic E-state index is 12.9. The predicted molar refractivity (Wildman–Crippen MR) is 68.6 cm³/mol. The van der Waals surface area contributed by atoms with Crippen molar-refractivity contribution in [2.45, 2.75) is 13.0 Å². The van der Waals surface area contributed by atoms with Crippen molar-refractivity contribution in [3.8, 4) is 0 Å². The standard InChI is InChI=1S/C12H12F2N4O2/c1-17-9(4-5-16-17)7-15-11-3-2-8(18(19)20)6-10(11)12(13)14/h2-6,12,15H,7H2,1H3. The van der Waals surface area contributed by atoms with Crippen molar-refractivity contribution >= 4 is 11.4 Å². The van der Waals surface area contributed by atoms with Gasteiger partial charge < -0.3 is 5.32 Å². The van der Waals surface area contributed by atoms with Gasteiger partial charge in [-0.3, -0.25) is 14.8 Å². The fraction of sp³-hybridized carbons (Fsp3) is 0.250. The molecule has 0 saturated carbocycles. The quantitative estimate of drug-likeness (QED) is 0.676. The minimum Gasteiger partial charge on any atom is -0.379 e. The molecule has 1 aromatic carbocycles. The monoisotopic (exact) mass is 282 g/mol. The van der Waals surface area contributed by atoms with E-state index in [4.69, 9.17) is 0 Å². The van der Waals surface area contributed by atoms with E-state index in [0.717, 1.165) is 11.8 Å². The first kappa shape index (κ1) is 13.9. The first-order valence-electron chi connectivity index (χ1n) is 5.76. The smallest absolute Gasteiger partial charge is 0.270 e. The number of benzene rings is 1. The molecule has 1 N–H and O–H groups in total. The van der Waals surface area contributed by atoms with E-state index in [2.05, 4.69) is 10.4 Å². The van der Waals surface area contributed by atoms with Crippen LogP contribution in [0.1, 0.15) is 17.7 Å². The molecule has 1 heterocycles. The Labute approximate surface area is 113 Å². The highest BCUT2D eigenvalue weighted by atomic mass is 19.3. The third kappa shape index (κ3) is 2.90. The van der Waals surface area contributed by atoms with Gasteiger partial charge in [0.1, 0.15) is 0 Å². The van der Waals surface area contributed by atoms with Crippen LogP contribution in [-0.2, 0) is 13.6 Å². The molecule has 0 amide bonds. The number of hydrogen-bond donors (Lipinski definition) is 1. The second kappa shape index (κ2) is 5.64. The Morgan fingerprint density at radius 2 is 2.20 bits per heavy atom. The van der Waals surface area contributed by atoms with Gasteiger partial charge >= 0.3 is 0 Å². The van der Waals surface area contributed by atoms with Crippen molar-refractivity contribution in [3.63, 3.8) is 0 Å². The zero-order valence-electron chi connectivity index (χ0n) is 10.6. The van der Waals surface area contributed by atoms with Crippen LogP contribution in [0.15, 0.2) is 30.5 Å². The number of nitro benzene ring substituents is 1. The molecule has 0 aliphatic heterocycles. The lowest BCUT2D eigenvalue weighted by atomic mass is 10.1. The number of aryl methyl sites for hydroxylation is 1. The van der Waals surface area contributed by atoms with E-state index in [9.17, 15) is 18.9 Å². The molecule has 0 aliphatic rings. The molecule has 0 saturated heterocycles. The Bertz CT molecular complexity index is 628. The SMILES string of the molecule is Cn1nccc1CNc1ccc([N+](=O)[O-])cc1C(F)F. The number of non-ortho nitro benzene ring substituents is 1. The van der Waals surface area contributed by atoms with Crippen LogP contribution in [0, 0.1) is 10.1 Å². The number of rotatable bonds is 5. The Morgan fingerprint density at radius 1 is 1.45 bits per heavy atom. The first-order chi connectivity index (χ1) is 9.49. The summed E-state index contributed by atoms with van der Waals surface area (Å²) < 4.78 is 27.5. The summed E-state index contributed by atoms with van der Waals surface area (Å²) in [6, 6.07) is 5.12. The van der Waals surface area contributed by atoms with Crippen LogP contribution in [0.5, 0.6) is 0 Å². The summed E-state index contributed by atoms with van der Waals surface area (Å²) in [6.07, 6.45) is -1.19. The fourth-order valence-corrected chi connectivity index (χ4v) is 1.77. The molecule has 6 nitrogen and oxygen atoms in total. The van der Waals surface area contributed by atoms with E-state index in [0.29, 0.717) is 6.54 Å². The molecular formula is C12H12F2N4O2.